The summed E-state index contributed by atoms with van der Waals surface area (Å²) in [6, 6.07) is 0. The fraction of sp³-hybridized carbons (Fsp3) is 0.692. The average molecular weight is 268 g/mol. The third kappa shape index (κ3) is 5.63. The molecule has 6 nitrogen and oxygen atoms in total. The molecule has 0 saturated carbocycles. The summed E-state index contributed by atoms with van der Waals surface area (Å²) in [5.41, 5.74) is 2.68. The molecule has 0 saturated heterocycles. The van der Waals surface area contributed by atoms with Crippen LogP contribution in [0.15, 0.2) is 20.3 Å². The summed E-state index contributed by atoms with van der Waals surface area (Å²) >= 11 is 0. The molecule has 0 spiro atoms. The summed E-state index contributed by atoms with van der Waals surface area (Å²) in [7, 11) is 0. The van der Waals surface area contributed by atoms with Crippen LogP contribution in [0.1, 0.15) is 53.4 Å². The summed E-state index contributed by atoms with van der Waals surface area (Å²) in [5, 5.41) is 24.2. The lowest BCUT2D eigenvalue weighted by Crippen LogP contribution is -2.15. The minimum absolute atomic E-state index is 0.254. The Morgan fingerprint density at radius 1 is 0.632 bits per heavy atom. The lowest BCUT2D eigenvalue weighted by molar-refractivity contribution is 0.319. The average Bonchev–Trinajstić information content (AvgIpc) is 2.45. The van der Waals surface area contributed by atoms with Crippen molar-refractivity contribution in [3.05, 3.63) is 0 Å². The molecule has 0 aromatic rings. The van der Waals surface area contributed by atoms with E-state index < -0.39 is 0 Å². The van der Waals surface area contributed by atoms with Crippen LogP contribution in [-0.2, 0) is 0 Å². The van der Waals surface area contributed by atoms with E-state index in [1.165, 1.54) is 0 Å². The summed E-state index contributed by atoms with van der Waals surface area (Å²) in [6.07, 6.45) is 2.65. The Morgan fingerprint density at radius 3 is 1.16 bits per heavy atom. The molecule has 0 aromatic carbocycles. The Hall–Kier alpha value is -1.72. The van der Waals surface area contributed by atoms with Gasteiger partial charge in [0.2, 0.25) is 0 Å². The largest absolute Gasteiger partial charge is 0.411 e. The van der Waals surface area contributed by atoms with Crippen molar-refractivity contribution in [2.24, 2.45) is 20.3 Å². The first kappa shape index (κ1) is 17.3. The van der Waals surface area contributed by atoms with Crippen molar-refractivity contribution in [3.8, 4) is 0 Å². The van der Waals surface area contributed by atoms with Gasteiger partial charge >= 0.3 is 0 Å². The van der Waals surface area contributed by atoms with Crippen LogP contribution in [0.4, 0.5) is 0 Å². The molecule has 19 heavy (non-hydrogen) atoms. The van der Waals surface area contributed by atoms with Crippen LogP contribution < -0.4 is 0 Å². The highest BCUT2D eigenvalue weighted by molar-refractivity contribution is 6.42. The van der Waals surface area contributed by atoms with Gasteiger partial charge in [0.1, 0.15) is 18.1 Å². The quantitative estimate of drug-likeness (QED) is 0.402. The molecule has 0 fully saturated rings. The van der Waals surface area contributed by atoms with Crippen molar-refractivity contribution >= 4 is 22.8 Å². The molecule has 0 rings (SSSR count). The first-order chi connectivity index (χ1) is 9.18. The van der Waals surface area contributed by atoms with E-state index in [4.69, 9.17) is 10.4 Å². The molecule has 6 heteroatoms. The van der Waals surface area contributed by atoms with Crippen LogP contribution >= 0.6 is 0 Å². The topological polar surface area (TPSA) is 89.9 Å². The van der Waals surface area contributed by atoms with Crippen molar-refractivity contribution in [2.75, 3.05) is 6.67 Å². The molecule has 0 aliphatic carbocycles. The van der Waals surface area contributed by atoms with Crippen LogP contribution in [0.2, 0.25) is 0 Å². The predicted octanol–water partition coefficient (Wildman–Crippen LogP) is 3.13. The van der Waals surface area contributed by atoms with Gasteiger partial charge < -0.3 is 10.4 Å². The Morgan fingerprint density at radius 2 is 0.947 bits per heavy atom. The van der Waals surface area contributed by atoms with Gasteiger partial charge in [-0.3, -0.25) is 9.98 Å². The Kier molecular flexibility index (Phi) is 9.30. The van der Waals surface area contributed by atoms with Crippen LogP contribution in [0.25, 0.3) is 0 Å². The summed E-state index contributed by atoms with van der Waals surface area (Å²) in [4.78, 5) is 8.65. The zero-order chi connectivity index (χ0) is 14.7. The molecule has 0 heterocycles. The van der Waals surface area contributed by atoms with Gasteiger partial charge in [0.15, 0.2) is 0 Å². The van der Waals surface area contributed by atoms with Crippen LogP contribution in [0.3, 0.4) is 0 Å². The molecular formula is C13H24N4O2. The molecule has 0 aliphatic heterocycles. The number of aliphatic imine (C=N–C) groups is 2. The molecule has 0 radical (unpaired) electrons. The van der Waals surface area contributed by atoms with Gasteiger partial charge in [-0.15, -0.1) is 0 Å². The third-order valence-electron chi connectivity index (χ3n) is 2.77. The standard InChI is InChI=1S/C13H24N4O2/c1-5-10(12(7-3)16-18)14-9-15-11(6-2)13(8-4)17-19/h18-19H,5-9H2,1-4H3. The van der Waals surface area contributed by atoms with Crippen molar-refractivity contribution in [1.82, 2.24) is 0 Å². The summed E-state index contributed by atoms with van der Waals surface area (Å²) in [6.45, 7) is 7.99. The van der Waals surface area contributed by atoms with E-state index in [0.717, 1.165) is 11.4 Å². The maximum Gasteiger partial charge on any atom is 0.130 e. The van der Waals surface area contributed by atoms with E-state index in [9.17, 15) is 0 Å². The fourth-order valence-electron chi connectivity index (χ4n) is 1.69. The van der Waals surface area contributed by atoms with Gasteiger partial charge in [0, 0.05) is 0 Å². The normalized spacial score (nSPS) is 14.9. The van der Waals surface area contributed by atoms with E-state index in [1.807, 2.05) is 27.7 Å². The maximum atomic E-state index is 8.87. The minimum Gasteiger partial charge on any atom is -0.411 e. The molecule has 0 atom stereocenters. The molecule has 0 amide bonds. The number of hydrogen-bond donors (Lipinski definition) is 2. The molecule has 2 N–H and O–H groups in total. The lowest BCUT2D eigenvalue weighted by Gasteiger charge is -2.05. The highest BCUT2D eigenvalue weighted by Gasteiger charge is 2.06. The SMILES string of the molecule is CCC(=NO)C(CC)=NCN=C(CC)C(CC)=NO. The Labute approximate surface area is 114 Å². The van der Waals surface area contributed by atoms with Crippen LogP contribution in [0.5, 0.6) is 0 Å². The lowest BCUT2D eigenvalue weighted by atomic mass is 10.1. The zero-order valence-electron chi connectivity index (χ0n) is 12.2. The minimum atomic E-state index is 0.254. The zero-order valence-corrected chi connectivity index (χ0v) is 12.2. The monoisotopic (exact) mass is 268 g/mol. The number of hydrogen-bond acceptors (Lipinski definition) is 6. The highest BCUT2D eigenvalue weighted by atomic mass is 16.4. The number of oxime groups is 2. The molecule has 0 bridgehead atoms. The number of rotatable bonds is 8. The molecule has 0 unspecified atom stereocenters. The number of nitrogens with zero attached hydrogens (tertiary/aromatic N) is 4. The molecular weight excluding hydrogens is 244 g/mol. The van der Waals surface area contributed by atoms with Crippen LogP contribution in [-0.4, -0.2) is 39.9 Å². The first-order valence-electron chi connectivity index (χ1n) is 6.67. The summed E-state index contributed by atoms with van der Waals surface area (Å²) in [5.74, 6) is 0. The smallest absolute Gasteiger partial charge is 0.130 e. The van der Waals surface area contributed by atoms with Gasteiger partial charge in [-0.1, -0.05) is 38.0 Å². The van der Waals surface area contributed by atoms with Crippen LogP contribution in [0, 0.1) is 0 Å². The Balaban J connectivity index is 4.93. The fourth-order valence-corrected chi connectivity index (χ4v) is 1.69. The van der Waals surface area contributed by atoms with E-state index in [1.54, 1.807) is 0 Å². The van der Waals surface area contributed by atoms with Crippen molar-refractivity contribution in [2.45, 2.75) is 53.4 Å². The molecule has 0 aromatic heterocycles. The predicted molar refractivity (Wildman–Crippen MR) is 79.3 cm³/mol. The van der Waals surface area contributed by atoms with E-state index in [0.29, 0.717) is 37.1 Å². The third-order valence-corrected chi connectivity index (χ3v) is 2.77. The first-order valence-corrected chi connectivity index (χ1v) is 6.67. The second-order valence-corrected chi connectivity index (χ2v) is 3.86. The van der Waals surface area contributed by atoms with Gasteiger partial charge in [0.05, 0.1) is 11.4 Å². The summed E-state index contributed by atoms with van der Waals surface area (Å²) < 4.78 is 0. The van der Waals surface area contributed by atoms with Crippen molar-refractivity contribution in [1.29, 1.82) is 0 Å². The van der Waals surface area contributed by atoms with E-state index in [-0.39, 0.29) is 6.67 Å². The van der Waals surface area contributed by atoms with E-state index >= 15 is 0 Å². The van der Waals surface area contributed by atoms with Gasteiger partial charge in [0.25, 0.3) is 0 Å². The highest BCUT2D eigenvalue weighted by Crippen LogP contribution is 1.99. The van der Waals surface area contributed by atoms with Gasteiger partial charge in [-0.05, 0) is 25.7 Å². The second-order valence-electron chi connectivity index (χ2n) is 3.86. The van der Waals surface area contributed by atoms with Crippen molar-refractivity contribution < 1.29 is 10.4 Å². The molecule has 0 aliphatic rings. The second kappa shape index (κ2) is 10.2. The van der Waals surface area contributed by atoms with E-state index in [2.05, 4.69) is 20.3 Å². The van der Waals surface area contributed by atoms with Gasteiger partial charge in [-0.2, -0.15) is 0 Å². The van der Waals surface area contributed by atoms with Gasteiger partial charge in [-0.25, -0.2) is 0 Å². The Bertz CT molecular complexity index is 348. The maximum absolute atomic E-state index is 8.87. The van der Waals surface area contributed by atoms with Crippen molar-refractivity contribution in [3.63, 3.8) is 0 Å². The molecule has 108 valence electrons.